The highest BCUT2D eigenvalue weighted by Gasteiger charge is 2.14. The van der Waals surface area contributed by atoms with Crippen LogP contribution in [0.5, 0.6) is 0 Å². The van der Waals surface area contributed by atoms with Gasteiger partial charge in [-0.05, 0) is 37.6 Å². The summed E-state index contributed by atoms with van der Waals surface area (Å²) < 4.78 is 1.74. The Hall–Kier alpha value is -1.61. The Kier molecular flexibility index (Phi) is 3.82. The van der Waals surface area contributed by atoms with Gasteiger partial charge in [0.05, 0.1) is 0 Å². The molecule has 1 heterocycles. The third-order valence-corrected chi connectivity index (χ3v) is 2.93. The fourth-order valence-corrected chi connectivity index (χ4v) is 2.08. The van der Waals surface area contributed by atoms with Crippen LogP contribution in [0.25, 0.3) is 0 Å². The quantitative estimate of drug-likeness (QED) is 0.790. The first-order chi connectivity index (χ1) is 8.58. The summed E-state index contributed by atoms with van der Waals surface area (Å²) in [6.45, 7) is 4.01. The van der Waals surface area contributed by atoms with Gasteiger partial charge in [-0.25, -0.2) is 0 Å². The zero-order chi connectivity index (χ0) is 13.1. The van der Waals surface area contributed by atoms with Crippen LogP contribution in [0.15, 0.2) is 36.5 Å². The van der Waals surface area contributed by atoms with Crippen molar-refractivity contribution in [2.45, 2.75) is 26.3 Å². The molecule has 0 aliphatic rings. The van der Waals surface area contributed by atoms with Crippen molar-refractivity contribution >= 4 is 17.4 Å². The van der Waals surface area contributed by atoms with Gasteiger partial charge in [-0.1, -0.05) is 23.7 Å². The smallest absolute Gasteiger partial charge is 0.185 e. The van der Waals surface area contributed by atoms with Crippen molar-refractivity contribution in [2.24, 2.45) is 0 Å². The van der Waals surface area contributed by atoms with Crippen molar-refractivity contribution in [1.29, 1.82) is 0 Å². The molecule has 0 saturated carbocycles. The molecule has 1 aromatic heterocycles. The Labute approximate surface area is 111 Å². The molecule has 2 rings (SSSR count). The summed E-state index contributed by atoms with van der Waals surface area (Å²) in [4.78, 5) is 12.2. The van der Waals surface area contributed by atoms with Crippen LogP contribution in [0.1, 0.15) is 35.9 Å². The molecule has 0 bridgehead atoms. The molecule has 0 radical (unpaired) electrons. The van der Waals surface area contributed by atoms with Gasteiger partial charge in [-0.2, -0.15) is 5.10 Å². The van der Waals surface area contributed by atoms with Crippen LogP contribution in [-0.4, -0.2) is 15.6 Å². The lowest BCUT2D eigenvalue weighted by Crippen LogP contribution is -2.14. The molecule has 0 spiro atoms. The maximum Gasteiger partial charge on any atom is 0.185 e. The largest absolute Gasteiger partial charge is 0.292 e. The molecule has 0 atom stereocenters. The lowest BCUT2D eigenvalue weighted by molar-refractivity contribution is 0.0981. The van der Waals surface area contributed by atoms with Crippen LogP contribution in [0.3, 0.4) is 0 Å². The zero-order valence-electron chi connectivity index (χ0n) is 10.4. The first-order valence-corrected chi connectivity index (χ1v) is 6.27. The van der Waals surface area contributed by atoms with E-state index >= 15 is 0 Å². The summed E-state index contributed by atoms with van der Waals surface area (Å²) in [5.41, 5.74) is 1.56. The van der Waals surface area contributed by atoms with E-state index in [4.69, 9.17) is 11.6 Å². The van der Waals surface area contributed by atoms with Gasteiger partial charge in [0.1, 0.15) is 5.69 Å². The normalized spacial score (nSPS) is 10.9. The van der Waals surface area contributed by atoms with Crippen LogP contribution >= 0.6 is 11.6 Å². The fourth-order valence-electron chi connectivity index (χ4n) is 1.87. The topological polar surface area (TPSA) is 34.9 Å². The second-order valence-corrected chi connectivity index (χ2v) is 4.92. The third kappa shape index (κ3) is 2.79. The third-order valence-electron chi connectivity index (χ3n) is 2.70. The summed E-state index contributed by atoms with van der Waals surface area (Å²) >= 11 is 5.91. The summed E-state index contributed by atoms with van der Waals surface area (Å²) in [5.74, 6) is 0.0588. The minimum absolute atomic E-state index is 0.0588. The minimum atomic E-state index is 0.0588. The van der Waals surface area contributed by atoms with E-state index in [-0.39, 0.29) is 11.8 Å². The number of halogens is 1. The molecular formula is C14H15ClN2O. The number of carbonyl (C=O) groups excluding carboxylic acids is 1. The summed E-state index contributed by atoms with van der Waals surface area (Å²) in [7, 11) is 0. The first-order valence-electron chi connectivity index (χ1n) is 5.89. The molecule has 0 amide bonds. The van der Waals surface area contributed by atoms with Gasteiger partial charge in [-0.15, -0.1) is 0 Å². The number of carbonyl (C=O) groups is 1. The molecule has 3 nitrogen and oxygen atoms in total. The van der Waals surface area contributed by atoms with E-state index in [0.29, 0.717) is 17.1 Å². The number of benzene rings is 1. The molecule has 0 saturated heterocycles. The van der Waals surface area contributed by atoms with Gasteiger partial charge in [0.2, 0.25) is 0 Å². The minimum Gasteiger partial charge on any atom is -0.292 e. The van der Waals surface area contributed by atoms with Gasteiger partial charge in [0.15, 0.2) is 5.78 Å². The van der Waals surface area contributed by atoms with E-state index in [1.165, 1.54) is 0 Å². The fraction of sp³-hybridized carbons (Fsp3) is 0.286. The zero-order valence-corrected chi connectivity index (χ0v) is 11.2. The van der Waals surface area contributed by atoms with Crippen LogP contribution in [0.2, 0.25) is 5.02 Å². The van der Waals surface area contributed by atoms with E-state index < -0.39 is 0 Å². The van der Waals surface area contributed by atoms with Gasteiger partial charge in [-0.3, -0.25) is 9.48 Å². The molecule has 0 fully saturated rings. The summed E-state index contributed by atoms with van der Waals surface area (Å²) in [5, 5.41) is 4.82. The van der Waals surface area contributed by atoms with Crippen LogP contribution in [0.4, 0.5) is 0 Å². The van der Waals surface area contributed by atoms with E-state index in [1.54, 1.807) is 23.0 Å². The maximum absolute atomic E-state index is 12.2. The van der Waals surface area contributed by atoms with E-state index in [9.17, 15) is 4.79 Å². The number of aromatic nitrogens is 2. The summed E-state index contributed by atoms with van der Waals surface area (Å²) in [6.07, 6.45) is 2.00. The van der Waals surface area contributed by atoms with Gasteiger partial charge in [0, 0.05) is 23.7 Å². The highest BCUT2D eigenvalue weighted by atomic mass is 35.5. The molecule has 2 aromatic rings. The number of Topliss-reactive ketones (excluding diaryl/α,β-unsaturated/α-hetero) is 1. The van der Waals surface area contributed by atoms with Gasteiger partial charge < -0.3 is 0 Å². The standard InChI is InChI=1S/C14H15ClN2O/c1-10(2)17-13(6-7-16-17)14(18)9-11-4-3-5-12(15)8-11/h3-8,10H,9H2,1-2H3. The molecule has 0 N–H and O–H groups in total. The molecular weight excluding hydrogens is 248 g/mol. The van der Waals surface area contributed by atoms with E-state index in [1.807, 2.05) is 32.0 Å². The number of nitrogens with zero attached hydrogens (tertiary/aromatic N) is 2. The van der Waals surface area contributed by atoms with Crippen molar-refractivity contribution in [2.75, 3.05) is 0 Å². The lowest BCUT2D eigenvalue weighted by atomic mass is 10.1. The monoisotopic (exact) mass is 262 g/mol. The predicted molar refractivity (Wildman–Crippen MR) is 72.1 cm³/mol. The Morgan fingerprint density at radius 2 is 2.17 bits per heavy atom. The second-order valence-electron chi connectivity index (χ2n) is 4.48. The molecule has 0 unspecified atom stereocenters. The van der Waals surface area contributed by atoms with Crippen molar-refractivity contribution in [3.8, 4) is 0 Å². The van der Waals surface area contributed by atoms with Crippen molar-refractivity contribution in [1.82, 2.24) is 9.78 Å². The molecule has 94 valence electrons. The van der Waals surface area contributed by atoms with Crippen molar-refractivity contribution in [3.63, 3.8) is 0 Å². The lowest BCUT2D eigenvalue weighted by Gasteiger charge is -2.10. The highest BCUT2D eigenvalue weighted by molar-refractivity contribution is 6.30. The van der Waals surface area contributed by atoms with Gasteiger partial charge in [0.25, 0.3) is 0 Å². The van der Waals surface area contributed by atoms with Crippen LogP contribution in [0, 0.1) is 0 Å². The SMILES string of the molecule is CC(C)n1nccc1C(=O)Cc1cccc(Cl)c1. The Morgan fingerprint density at radius 3 is 2.83 bits per heavy atom. The number of hydrogen-bond donors (Lipinski definition) is 0. The van der Waals surface area contributed by atoms with E-state index in [2.05, 4.69) is 5.10 Å². The highest BCUT2D eigenvalue weighted by Crippen LogP contribution is 2.15. The average molecular weight is 263 g/mol. The second kappa shape index (κ2) is 5.36. The van der Waals surface area contributed by atoms with E-state index in [0.717, 1.165) is 5.56 Å². The first kappa shape index (κ1) is 12.8. The number of ketones is 1. The average Bonchev–Trinajstić information content (AvgIpc) is 2.77. The molecule has 4 heteroatoms. The van der Waals surface area contributed by atoms with Gasteiger partial charge >= 0.3 is 0 Å². The van der Waals surface area contributed by atoms with Crippen LogP contribution < -0.4 is 0 Å². The molecule has 18 heavy (non-hydrogen) atoms. The van der Waals surface area contributed by atoms with Crippen molar-refractivity contribution < 1.29 is 4.79 Å². The maximum atomic E-state index is 12.2. The number of rotatable bonds is 4. The predicted octanol–water partition coefficient (Wildman–Crippen LogP) is 3.54. The van der Waals surface area contributed by atoms with Crippen molar-refractivity contribution in [3.05, 3.63) is 52.8 Å². The molecule has 0 aliphatic carbocycles. The Bertz CT molecular complexity index is 560. The molecule has 1 aromatic carbocycles. The van der Waals surface area contributed by atoms with Crippen LogP contribution in [-0.2, 0) is 6.42 Å². The Morgan fingerprint density at radius 1 is 1.39 bits per heavy atom. The molecule has 0 aliphatic heterocycles. The summed E-state index contributed by atoms with van der Waals surface area (Å²) in [6, 6.07) is 9.30. The number of hydrogen-bond acceptors (Lipinski definition) is 2. The Balaban J connectivity index is 2.20.